The molecule has 29 heavy (non-hydrogen) atoms. The number of hydrogen-bond acceptors (Lipinski definition) is 5. The van der Waals surface area contributed by atoms with Gasteiger partial charge < -0.3 is 24.4 Å². The summed E-state index contributed by atoms with van der Waals surface area (Å²) >= 11 is 5.63. The van der Waals surface area contributed by atoms with Gasteiger partial charge in [0.2, 0.25) is 0 Å². The molecule has 0 saturated heterocycles. The topological polar surface area (TPSA) is 60.0 Å². The molecule has 1 aliphatic heterocycles. The molecule has 1 N–H and O–H groups in total. The number of nitrogens with one attached hydrogen (secondary N) is 1. The Labute approximate surface area is 176 Å². The molecular formula is C22H26N2O4S. The van der Waals surface area contributed by atoms with Crippen LogP contribution in [0, 0.1) is 0 Å². The van der Waals surface area contributed by atoms with E-state index in [0.29, 0.717) is 17.3 Å². The fourth-order valence-electron chi connectivity index (χ4n) is 3.78. The minimum atomic E-state index is -0.396. The van der Waals surface area contributed by atoms with Crippen LogP contribution < -0.4 is 10.1 Å². The van der Waals surface area contributed by atoms with E-state index < -0.39 is 6.04 Å². The molecule has 1 heterocycles. The first-order valence-electron chi connectivity index (χ1n) is 9.36. The van der Waals surface area contributed by atoms with Crippen molar-refractivity contribution in [1.29, 1.82) is 0 Å². The minimum Gasteiger partial charge on any atom is -0.497 e. The third-order valence-corrected chi connectivity index (χ3v) is 5.50. The highest BCUT2D eigenvalue weighted by Gasteiger charge is 2.36. The van der Waals surface area contributed by atoms with Gasteiger partial charge in [-0.15, -0.1) is 0 Å². The van der Waals surface area contributed by atoms with Gasteiger partial charge in [-0.2, -0.15) is 0 Å². The van der Waals surface area contributed by atoms with Crippen molar-refractivity contribution in [2.75, 3.05) is 27.9 Å². The first-order valence-corrected chi connectivity index (χ1v) is 9.77. The summed E-state index contributed by atoms with van der Waals surface area (Å²) in [5.41, 5.74) is 2.24. The highest BCUT2D eigenvalue weighted by molar-refractivity contribution is 7.80. The highest BCUT2D eigenvalue weighted by atomic mass is 32.1. The molecule has 154 valence electrons. The standard InChI is InChI=1S/C22H26N2O4S/c1-13(12-26-3)24-14(2)19(21(25)28-5)20(23-22(24)29)17-7-6-16-11-18(27-4)9-8-15(16)10-17/h6-11,13,20H,12H2,1-5H3,(H,23,29)/t13-,20+/m0/s1. The molecule has 0 aromatic heterocycles. The van der Waals surface area contributed by atoms with E-state index in [9.17, 15) is 4.79 Å². The molecule has 2 atom stereocenters. The largest absolute Gasteiger partial charge is 0.497 e. The van der Waals surface area contributed by atoms with Gasteiger partial charge in [0.15, 0.2) is 5.11 Å². The number of carbonyl (C=O) groups is 1. The van der Waals surface area contributed by atoms with Gasteiger partial charge in [-0.1, -0.05) is 18.2 Å². The Hall–Kier alpha value is -2.64. The number of nitrogens with zero attached hydrogens (tertiary/aromatic N) is 1. The van der Waals surface area contributed by atoms with E-state index in [0.717, 1.165) is 27.8 Å². The number of hydrogen-bond donors (Lipinski definition) is 1. The molecule has 0 aliphatic carbocycles. The van der Waals surface area contributed by atoms with E-state index >= 15 is 0 Å². The molecule has 0 fully saturated rings. The van der Waals surface area contributed by atoms with Gasteiger partial charge >= 0.3 is 5.97 Å². The zero-order chi connectivity index (χ0) is 21.1. The Balaban J connectivity index is 2.08. The zero-order valence-corrected chi connectivity index (χ0v) is 18.1. The Morgan fingerprint density at radius 1 is 1.17 bits per heavy atom. The summed E-state index contributed by atoms with van der Waals surface area (Å²) in [6.45, 7) is 4.38. The molecule has 6 nitrogen and oxygen atoms in total. The summed E-state index contributed by atoms with van der Waals surface area (Å²) in [6, 6.07) is 11.5. The second-order valence-corrected chi connectivity index (χ2v) is 7.41. The third-order valence-electron chi connectivity index (χ3n) is 5.19. The average Bonchev–Trinajstić information content (AvgIpc) is 2.72. The number of thiocarbonyl (C=S) groups is 1. The SMILES string of the molecule is COC[C@H](C)N1C(=S)N[C@H](c2ccc3cc(OC)ccc3c2)C(C(=O)OC)=C1C. The second kappa shape index (κ2) is 8.80. The number of esters is 1. The monoisotopic (exact) mass is 414 g/mol. The number of fused-ring (bicyclic) bond motifs is 1. The van der Waals surface area contributed by atoms with E-state index in [-0.39, 0.29) is 12.0 Å². The normalized spacial score (nSPS) is 17.9. The van der Waals surface area contributed by atoms with Crippen LogP contribution in [0.1, 0.15) is 25.5 Å². The van der Waals surface area contributed by atoms with Gasteiger partial charge in [-0.05, 0) is 60.6 Å². The molecule has 2 aromatic rings. The zero-order valence-electron chi connectivity index (χ0n) is 17.3. The maximum atomic E-state index is 12.7. The molecule has 0 spiro atoms. The number of allylic oxidation sites excluding steroid dienone is 1. The van der Waals surface area contributed by atoms with E-state index in [4.69, 9.17) is 26.4 Å². The van der Waals surface area contributed by atoms with Gasteiger partial charge in [-0.25, -0.2) is 4.79 Å². The molecule has 3 rings (SSSR count). The second-order valence-electron chi connectivity index (χ2n) is 7.02. The highest BCUT2D eigenvalue weighted by Crippen LogP contribution is 2.34. The number of methoxy groups -OCH3 is 3. The van der Waals surface area contributed by atoms with Crippen molar-refractivity contribution in [1.82, 2.24) is 10.2 Å². The van der Waals surface area contributed by atoms with Crippen LogP contribution in [0.25, 0.3) is 10.8 Å². The molecular weight excluding hydrogens is 388 g/mol. The van der Waals surface area contributed by atoms with Crippen molar-refractivity contribution >= 4 is 34.1 Å². The molecule has 0 radical (unpaired) electrons. The van der Waals surface area contributed by atoms with Gasteiger partial charge in [-0.3, -0.25) is 0 Å². The predicted octanol–water partition coefficient (Wildman–Crippen LogP) is 3.56. The van der Waals surface area contributed by atoms with Crippen LogP contribution in [-0.4, -0.2) is 50.0 Å². The lowest BCUT2D eigenvalue weighted by molar-refractivity contribution is -0.136. The van der Waals surface area contributed by atoms with Crippen molar-refractivity contribution in [3.63, 3.8) is 0 Å². The van der Waals surface area contributed by atoms with E-state index in [2.05, 4.69) is 11.4 Å². The summed E-state index contributed by atoms with van der Waals surface area (Å²) in [5.74, 6) is 0.419. The van der Waals surface area contributed by atoms with Crippen LogP contribution in [0.15, 0.2) is 47.7 Å². The van der Waals surface area contributed by atoms with Crippen LogP contribution in [0.2, 0.25) is 0 Å². The Kier molecular flexibility index (Phi) is 6.39. The molecule has 0 bridgehead atoms. The number of ether oxygens (including phenoxy) is 3. The quantitative estimate of drug-likeness (QED) is 0.573. The van der Waals surface area contributed by atoms with Crippen LogP contribution in [0.4, 0.5) is 0 Å². The lowest BCUT2D eigenvalue weighted by Gasteiger charge is -2.40. The lowest BCUT2D eigenvalue weighted by Crippen LogP contribution is -2.52. The van der Waals surface area contributed by atoms with Crippen LogP contribution in [0.5, 0.6) is 5.75 Å². The lowest BCUT2D eigenvalue weighted by atomic mass is 9.93. The maximum absolute atomic E-state index is 12.7. The first kappa shape index (κ1) is 21.1. The third kappa shape index (κ3) is 4.06. The van der Waals surface area contributed by atoms with Gasteiger partial charge in [0.1, 0.15) is 5.75 Å². The fraction of sp³-hybridized carbons (Fsp3) is 0.364. The Morgan fingerprint density at radius 3 is 2.52 bits per heavy atom. The molecule has 1 aliphatic rings. The Morgan fingerprint density at radius 2 is 1.86 bits per heavy atom. The molecule has 2 aromatic carbocycles. The van der Waals surface area contributed by atoms with Crippen molar-refractivity contribution in [2.45, 2.75) is 25.9 Å². The van der Waals surface area contributed by atoms with E-state index in [1.54, 1.807) is 14.2 Å². The molecule has 0 amide bonds. The Bertz CT molecular complexity index is 972. The molecule has 7 heteroatoms. The number of rotatable bonds is 6. The van der Waals surface area contributed by atoms with Crippen molar-refractivity contribution < 1.29 is 19.0 Å². The van der Waals surface area contributed by atoms with Crippen molar-refractivity contribution in [3.05, 3.63) is 53.2 Å². The van der Waals surface area contributed by atoms with Crippen LogP contribution >= 0.6 is 12.2 Å². The summed E-state index contributed by atoms with van der Waals surface area (Å²) in [5, 5.41) is 5.99. The van der Waals surface area contributed by atoms with Crippen LogP contribution in [-0.2, 0) is 14.3 Å². The first-order chi connectivity index (χ1) is 13.9. The minimum absolute atomic E-state index is 0.0234. The van der Waals surface area contributed by atoms with Crippen molar-refractivity contribution in [2.24, 2.45) is 0 Å². The summed E-state index contributed by atoms with van der Waals surface area (Å²) in [7, 11) is 4.68. The van der Waals surface area contributed by atoms with E-state index in [1.807, 2.05) is 49.1 Å². The van der Waals surface area contributed by atoms with Gasteiger partial charge in [0.25, 0.3) is 0 Å². The smallest absolute Gasteiger partial charge is 0.337 e. The van der Waals surface area contributed by atoms with Gasteiger partial charge in [0, 0.05) is 12.8 Å². The number of benzene rings is 2. The molecule has 0 saturated carbocycles. The fourth-order valence-corrected chi connectivity index (χ4v) is 4.21. The average molecular weight is 415 g/mol. The molecule has 0 unspecified atom stereocenters. The maximum Gasteiger partial charge on any atom is 0.337 e. The van der Waals surface area contributed by atoms with Crippen molar-refractivity contribution in [3.8, 4) is 5.75 Å². The summed E-state index contributed by atoms with van der Waals surface area (Å²) < 4.78 is 15.7. The van der Waals surface area contributed by atoms with E-state index in [1.165, 1.54) is 7.11 Å². The van der Waals surface area contributed by atoms with Crippen LogP contribution in [0.3, 0.4) is 0 Å². The summed E-state index contributed by atoms with van der Waals surface area (Å²) in [4.78, 5) is 14.6. The predicted molar refractivity (Wildman–Crippen MR) is 117 cm³/mol. The number of carbonyl (C=O) groups excluding carboxylic acids is 1. The van der Waals surface area contributed by atoms with Gasteiger partial charge in [0.05, 0.1) is 38.5 Å². The summed E-state index contributed by atoms with van der Waals surface area (Å²) in [6.07, 6.45) is 0.